The Balaban J connectivity index is 2.35. The number of ketones is 1. The molecule has 1 amide bonds. The van der Waals surface area contributed by atoms with E-state index in [4.69, 9.17) is 21.1 Å². The number of methoxy groups -OCH3 is 1. The molecule has 1 N–H and O–H groups in total. The Hall–Kier alpha value is -2.64. The van der Waals surface area contributed by atoms with E-state index in [0.29, 0.717) is 53.6 Å². The number of Topliss-reactive ketones (excluding diaryl/α,β-unsaturated/α-hetero) is 1. The van der Waals surface area contributed by atoms with Gasteiger partial charge in [-0.3, -0.25) is 9.59 Å². The van der Waals surface area contributed by atoms with Gasteiger partial charge in [-0.15, -0.1) is 0 Å². The van der Waals surface area contributed by atoms with E-state index in [1.165, 1.54) is 12.0 Å². The Morgan fingerprint density at radius 3 is 2.39 bits per heavy atom. The summed E-state index contributed by atoms with van der Waals surface area (Å²) in [6, 6.07) is 5.81. The summed E-state index contributed by atoms with van der Waals surface area (Å²) in [6.07, 6.45) is 0.587. The Kier molecular flexibility index (Phi) is 8.83. The quantitative estimate of drug-likeness (QED) is 0.334. The minimum atomic E-state index is -0.747. The molecule has 0 aliphatic heterocycles. The number of carbonyl (C=O) groups is 3. The van der Waals surface area contributed by atoms with Gasteiger partial charge < -0.3 is 19.4 Å². The van der Waals surface area contributed by atoms with Crippen molar-refractivity contribution in [2.24, 2.45) is 0 Å². The molecular weight excluding hydrogens is 420 g/mol. The molecule has 2 aromatic rings. The van der Waals surface area contributed by atoms with E-state index in [1.807, 2.05) is 6.92 Å². The minimum absolute atomic E-state index is 0.238. The van der Waals surface area contributed by atoms with Gasteiger partial charge in [-0.05, 0) is 63.9 Å². The Morgan fingerprint density at radius 1 is 1.16 bits per heavy atom. The summed E-state index contributed by atoms with van der Waals surface area (Å²) >= 11 is 5.95. The van der Waals surface area contributed by atoms with Crippen molar-refractivity contribution in [3.63, 3.8) is 0 Å². The number of aromatic amines is 1. The molecule has 0 saturated carbocycles. The lowest BCUT2D eigenvalue weighted by Gasteiger charge is -2.29. The third kappa shape index (κ3) is 5.74. The monoisotopic (exact) mass is 448 g/mol. The fourth-order valence-corrected chi connectivity index (χ4v) is 3.61. The number of H-pyrrole nitrogens is 1. The van der Waals surface area contributed by atoms with Gasteiger partial charge in [0.25, 0.3) is 5.91 Å². The van der Waals surface area contributed by atoms with Gasteiger partial charge in [-0.25, -0.2) is 4.79 Å². The van der Waals surface area contributed by atoms with Crippen molar-refractivity contribution in [1.82, 2.24) is 9.88 Å². The molecule has 31 heavy (non-hydrogen) atoms. The normalized spacial score (nSPS) is 11.8. The minimum Gasteiger partial charge on any atom is -0.464 e. The van der Waals surface area contributed by atoms with Gasteiger partial charge in [-0.2, -0.15) is 0 Å². The SMILES string of the molecule is CCOCCCN(C(=O)c1ccc(Cl)cc1)[C@@H](C)C(=O)c1c(C)[nH]c(C(=O)OC)c1C. The molecule has 0 aliphatic carbocycles. The summed E-state index contributed by atoms with van der Waals surface area (Å²) in [7, 11) is 1.28. The number of aryl methyl sites for hydroxylation is 1. The highest BCUT2D eigenvalue weighted by Gasteiger charge is 2.31. The topological polar surface area (TPSA) is 88.7 Å². The van der Waals surface area contributed by atoms with Gasteiger partial charge in [0.2, 0.25) is 0 Å². The van der Waals surface area contributed by atoms with Gasteiger partial charge in [0.1, 0.15) is 5.69 Å². The number of hydrogen-bond acceptors (Lipinski definition) is 5. The van der Waals surface area contributed by atoms with E-state index in [1.54, 1.807) is 45.0 Å². The standard InChI is InChI=1S/C23H29ClN2O5/c1-6-31-13-7-12-26(22(28)17-8-10-18(24)11-9-17)16(4)21(27)19-14(2)20(23(29)30-5)25-15(19)3/h8-11,16,25H,6-7,12-13H2,1-5H3/t16-/m0/s1. The number of rotatable bonds is 10. The first-order chi connectivity index (χ1) is 14.7. The molecule has 0 unspecified atom stereocenters. The third-order valence-electron chi connectivity index (χ3n) is 5.16. The molecule has 0 radical (unpaired) electrons. The molecule has 1 atom stereocenters. The molecule has 7 nitrogen and oxygen atoms in total. The van der Waals surface area contributed by atoms with Crippen LogP contribution < -0.4 is 0 Å². The third-order valence-corrected chi connectivity index (χ3v) is 5.42. The van der Waals surface area contributed by atoms with Crippen molar-refractivity contribution in [2.75, 3.05) is 26.9 Å². The van der Waals surface area contributed by atoms with Crippen LogP contribution in [-0.4, -0.2) is 60.5 Å². The summed E-state index contributed by atoms with van der Waals surface area (Å²) in [4.78, 5) is 43.1. The molecular formula is C23H29ClN2O5. The number of aromatic nitrogens is 1. The van der Waals surface area contributed by atoms with Crippen molar-refractivity contribution in [3.8, 4) is 0 Å². The van der Waals surface area contributed by atoms with Gasteiger partial charge in [-0.1, -0.05) is 11.6 Å². The summed E-state index contributed by atoms with van der Waals surface area (Å²) in [5.74, 6) is -1.06. The summed E-state index contributed by atoms with van der Waals surface area (Å²) in [5, 5.41) is 0.525. The maximum atomic E-state index is 13.4. The van der Waals surface area contributed by atoms with Crippen LogP contribution in [-0.2, 0) is 9.47 Å². The van der Waals surface area contributed by atoms with Crippen molar-refractivity contribution < 1.29 is 23.9 Å². The second-order valence-electron chi connectivity index (χ2n) is 7.21. The second kappa shape index (κ2) is 11.1. The number of halogens is 1. The Labute approximate surface area is 187 Å². The molecule has 8 heteroatoms. The van der Waals surface area contributed by atoms with Crippen LogP contribution in [0.1, 0.15) is 62.7 Å². The molecule has 1 aromatic carbocycles. The van der Waals surface area contributed by atoms with Crippen LogP contribution >= 0.6 is 11.6 Å². The van der Waals surface area contributed by atoms with Gasteiger partial charge in [0.15, 0.2) is 5.78 Å². The smallest absolute Gasteiger partial charge is 0.354 e. The number of ether oxygens (including phenoxy) is 2. The van der Waals surface area contributed by atoms with Crippen LogP contribution in [0.25, 0.3) is 0 Å². The van der Waals surface area contributed by atoms with E-state index < -0.39 is 12.0 Å². The number of nitrogens with one attached hydrogen (secondary N) is 1. The number of amides is 1. The molecule has 1 aromatic heterocycles. The molecule has 168 valence electrons. The average Bonchev–Trinajstić information content (AvgIpc) is 3.06. The number of nitrogens with zero attached hydrogens (tertiary/aromatic N) is 1. The molecule has 0 fully saturated rings. The highest BCUT2D eigenvalue weighted by Crippen LogP contribution is 2.23. The zero-order chi connectivity index (χ0) is 23.1. The maximum absolute atomic E-state index is 13.4. The van der Waals surface area contributed by atoms with E-state index in [0.717, 1.165) is 0 Å². The van der Waals surface area contributed by atoms with Crippen LogP contribution in [0.4, 0.5) is 0 Å². The molecule has 1 heterocycles. The van der Waals surface area contributed by atoms with Crippen molar-refractivity contribution >= 4 is 29.3 Å². The average molecular weight is 449 g/mol. The lowest BCUT2D eigenvalue weighted by molar-refractivity contribution is 0.0588. The van der Waals surface area contributed by atoms with Crippen molar-refractivity contribution in [1.29, 1.82) is 0 Å². The van der Waals surface area contributed by atoms with Crippen LogP contribution in [0.15, 0.2) is 24.3 Å². The van der Waals surface area contributed by atoms with Crippen molar-refractivity contribution in [3.05, 3.63) is 57.4 Å². The van der Waals surface area contributed by atoms with Gasteiger partial charge in [0, 0.05) is 41.6 Å². The second-order valence-corrected chi connectivity index (χ2v) is 7.65. The molecule has 0 spiro atoms. The van der Waals surface area contributed by atoms with E-state index in [-0.39, 0.29) is 17.4 Å². The van der Waals surface area contributed by atoms with Crippen molar-refractivity contribution in [2.45, 2.75) is 40.2 Å². The van der Waals surface area contributed by atoms with Gasteiger partial charge >= 0.3 is 5.97 Å². The van der Waals surface area contributed by atoms with E-state index in [2.05, 4.69) is 4.98 Å². The maximum Gasteiger partial charge on any atom is 0.354 e. The molecule has 2 rings (SSSR count). The molecule has 0 bridgehead atoms. The number of hydrogen-bond donors (Lipinski definition) is 1. The van der Waals surface area contributed by atoms with Crippen LogP contribution in [0.5, 0.6) is 0 Å². The first kappa shape index (κ1) is 24.6. The first-order valence-corrected chi connectivity index (χ1v) is 10.6. The highest BCUT2D eigenvalue weighted by molar-refractivity contribution is 6.30. The summed E-state index contributed by atoms with van der Waals surface area (Å²) in [6.45, 7) is 8.42. The zero-order valence-corrected chi connectivity index (χ0v) is 19.3. The van der Waals surface area contributed by atoms with Crippen LogP contribution in [0.3, 0.4) is 0 Å². The van der Waals surface area contributed by atoms with E-state index >= 15 is 0 Å². The van der Waals surface area contributed by atoms with E-state index in [9.17, 15) is 14.4 Å². The fraction of sp³-hybridized carbons (Fsp3) is 0.435. The number of carbonyl (C=O) groups excluding carboxylic acids is 3. The predicted octanol–water partition coefficient (Wildman–Crippen LogP) is 4.21. The number of esters is 1. The molecule has 0 aliphatic rings. The largest absolute Gasteiger partial charge is 0.464 e. The Morgan fingerprint density at radius 2 is 1.81 bits per heavy atom. The van der Waals surface area contributed by atoms with Crippen LogP contribution in [0, 0.1) is 13.8 Å². The Bertz CT molecular complexity index is 936. The lowest BCUT2D eigenvalue weighted by atomic mass is 9.99. The van der Waals surface area contributed by atoms with Crippen LogP contribution in [0.2, 0.25) is 5.02 Å². The highest BCUT2D eigenvalue weighted by atomic mass is 35.5. The summed E-state index contributed by atoms with van der Waals surface area (Å²) in [5.41, 5.74) is 2.14. The van der Waals surface area contributed by atoms with Gasteiger partial charge in [0.05, 0.1) is 13.2 Å². The predicted molar refractivity (Wildman–Crippen MR) is 119 cm³/mol. The first-order valence-electron chi connectivity index (χ1n) is 10.2. The zero-order valence-electron chi connectivity index (χ0n) is 18.6. The summed E-state index contributed by atoms with van der Waals surface area (Å²) < 4.78 is 10.2. The lowest BCUT2D eigenvalue weighted by Crippen LogP contribution is -2.44. The number of benzene rings is 1. The fourth-order valence-electron chi connectivity index (χ4n) is 3.49. The molecule has 0 saturated heterocycles.